The average molecular weight is 407 g/mol. The molecule has 0 amide bonds. The number of aliphatic carboxylic acids is 1. The van der Waals surface area contributed by atoms with Gasteiger partial charge >= 0.3 is 5.97 Å². The Morgan fingerprint density at radius 2 is 1.79 bits per heavy atom. The molecule has 4 aliphatic carbocycles. The summed E-state index contributed by atoms with van der Waals surface area (Å²) in [4.78, 5) is 11.0. The van der Waals surface area contributed by atoms with E-state index in [1.54, 1.807) is 0 Å². The van der Waals surface area contributed by atoms with Gasteiger partial charge in [0.1, 0.15) is 0 Å². The second-order valence-corrected chi connectivity index (χ2v) is 11.2. The quantitative estimate of drug-likeness (QED) is 0.453. The van der Waals surface area contributed by atoms with Gasteiger partial charge in [0.2, 0.25) is 0 Å². The molecule has 4 saturated carbocycles. The zero-order valence-corrected chi connectivity index (χ0v) is 19.1. The summed E-state index contributed by atoms with van der Waals surface area (Å²) in [7, 11) is 2.50. The molecule has 10 atom stereocenters. The van der Waals surface area contributed by atoms with E-state index in [-0.39, 0.29) is 0 Å². The molecule has 0 aromatic heterocycles. The van der Waals surface area contributed by atoms with Gasteiger partial charge < -0.3 is 9.63 Å². The SMILES string of the molecule is C[C@H](/C=C/C(=O)O)C1CC[C@H]2[C@@H]3CC[C@@H]4C[C@H](OP)CC[C@]4(C)[C@H]3CC[C@]12C. The first kappa shape index (κ1) is 20.9. The van der Waals surface area contributed by atoms with Crippen molar-refractivity contribution in [3.63, 3.8) is 0 Å². The summed E-state index contributed by atoms with van der Waals surface area (Å²) in [5.74, 6) is 3.64. The molecule has 28 heavy (non-hydrogen) atoms. The molecule has 1 N–H and O–H groups in total. The fourth-order valence-electron chi connectivity index (χ4n) is 8.61. The van der Waals surface area contributed by atoms with Crippen LogP contribution in [0, 0.1) is 46.3 Å². The van der Waals surface area contributed by atoms with Crippen molar-refractivity contribution in [1.82, 2.24) is 0 Å². The van der Waals surface area contributed by atoms with E-state index in [4.69, 9.17) is 9.63 Å². The van der Waals surface area contributed by atoms with Gasteiger partial charge in [0.15, 0.2) is 0 Å². The van der Waals surface area contributed by atoms with Crippen LogP contribution in [0.4, 0.5) is 0 Å². The summed E-state index contributed by atoms with van der Waals surface area (Å²) >= 11 is 0. The van der Waals surface area contributed by atoms with Crippen LogP contribution in [-0.2, 0) is 9.32 Å². The van der Waals surface area contributed by atoms with Gasteiger partial charge in [-0.15, -0.1) is 0 Å². The fourth-order valence-corrected chi connectivity index (χ4v) is 8.86. The van der Waals surface area contributed by atoms with E-state index < -0.39 is 5.97 Å². The number of rotatable bonds is 4. The number of carboxylic acid groups (broad SMARTS) is 1. The smallest absolute Gasteiger partial charge is 0.327 e. The van der Waals surface area contributed by atoms with Crippen LogP contribution in [0.3, 0.4) is 0 Å². The Hall–Kier alpha value is -0.400. The summed E-state index contributed by atoms with van der Waals surface area (Å²) in [6, 6.07) is 0. The van der Waals surface area contributed by atoms with E-state index in [1.165, 1.54) is 63.9 Å². The second-order valence-electron chi connectivity index (χ2n) is 11.0. The second kappa shape index (κ2) is 7.69. The normalized spacial score (nSPS) is 49.3. The first-order chi connectivity index (χ1) is 13.3. The molecule has 0 spiro atoms. The molecule has 4 aliphatic rings. The summed E-state index contributed by atoms with van der Waals surface area (Å²) in [5.41, 5.74) is 0.907. The lowest BCUT2D eigenvalue weighted by Crippen LogP contribution is -2.54. The Labute approximate surface area is 173 Å². The van der Waals surface area contributed by atoms with Crippen LogP contribution in [0.1, 0.15) is 78.6 Å². The molecule has 0 saturated heterocycles. The highest BCUT2D eigenvalue weighted by atomic mass is 31.0. The summed E-state index contributed by atoms with van der Waals surface area (Å²) in [6.45, 7) is 7.40. The molecule has 0 heterocycles. The maximum Gasteiger partial charge on any atom is 0.327 e. The van der Waals surface area contributed by atoms with E-state index in [1.807, 2.05) is 6.08 Å². The minimum absolute atomic E-state index is 0.365. The molecule has 158 valence electrons. The van der Waals surface area contributed by atoms with Crippen LogP contribution in [0.25, 0.3) is 0 Å². The van der Waals surface area contributed by atoms with Crippen molar-refractivity contribution in [2.24, 2.45) is 46.3 Å². The van der Waals surface area contributed by atoms with Gasteiger partial charge in [0, 0.05) is 15.5 Å². The Kier molecular flexibility index (Phi) is 5.73. The van der Waals surface area contributed by atoms with E-state index in [2.05, 4.69) is 30.2 Å². The van der Waals surface area contributed by atoms with Crippen LogP contribution in [0.2, 0.25) is 0 Å². The lowest BCUT2D eigenvalue weighted by molar-refractivity contribution is -0.131. The van der Waals surface area contributed by atoms with E-state index in [9.17, 15) is 4.79 Å². The molecule has 4 rings (SSSR count). The molecular formula is C24H39O3P. The van der Waals surface area contributed by atoms with Crippen LogP contribution in [0.5, 0.6) is 0 Å². The molecule has 0 radical (unpaired) electrons. The van der Waals surface area contributed by atoms with E-state index >= 15 is 0 Å². The third kappa shape index (κ3) is 3.29. The fraction of sp³-hybridized carbons (Fsp3) is 0.875. The summed E-state index contributed by atoms with van der Waals surface area (Å²) in [5, 5.41) is 9.03. The highest BCUT2D eigenvalue weighted by Crippen LogP contribution is 2.68. The maximum absolute atomic E-state index is 11.0. The van der Waals surface area contributed by atoms with Gasteiger partial charge in [-0.25, -0.2) is 4.79 Å². The minimum Gasteiger partial charge on any atom is -0.478 e. The van der Waals surface area contributed by atoms with Crippen molar-refractivity contribution < 1.29 is 14.4 Å². The molecule has 4 fully saturated rings. The summed E-state index contributed by atoms with van der Waals surface area (Å²) in [6.07, 6.45) is 15.7. The highest BCUT2D eigenvalue weighted by Gasteiger charge is 2.60. The Morgan fingerprint density at radius 3 is 2.50 bits per heavy atom. The lowest BCUT2D eigenvalue weighted by atomic mass is 9.44. The topological polar surface area (TPSA) is 46.5 Å². The molecule has 0 aromatic carbocycles. The van der Waals surface area contributed by atoms with Crippen LogP contribution < -0.4 is 0 Å². The summed E-state index contributed by atoms with van der Waals surface area (Å²) < 4.78 is 5.66. The molecule has 2 unspecified atom stereocenters. The molecular weight excluding hydrogens is 367 g/mol. The minimum atomic E-state index is -0.813. The third-order valence-electron chi connectivity index (χ3n) is 10.1. The van der Waals surface area contributed by atoms with E-state index in [0.717, 1.165) is 23.7 Å². The van der Waals surface area contributed by atoms with Crippen LogP contribution in [0.15, 0.2) is 12.2 Å². The van der Waals surface area contributed by atoms with Gasteiger partial charge in [0.05, 0.1) is 6.10 Å². The zero-order chi connectivity index (χ0) is 20.1. The largest absolute Gasteiger partial charge is 0.478 e. The molecule has 0 bridgehead atoms. The van der Waals surface area contributed by atoms with Crippen molar-refractivity contribution in [3.05, 3.63) is 12.2 Å². The number of allylic oxidation sites excluding steroid dienone is 1. The van der Waals surface area contributed by atoms with Crippen molar-refractivity contribution in [2.45, 2.75) is 84.7 Å². The Balaban J connectivity index is 1.53. The van der Waals surface area contributed by atoms with Gasteiger partial charge in [-0.05, 0) is 104 Å². The van der Waals surface area contributed by atoms with Crippen LogP contribution in [-0.4, -0.2) is 17.2 Å². The highest BCUT2D eigenvalue weighted by molar-refractivity contribution is 7.09. The van der Waals surface area contributed by atoms with Crippen molar-refractivity contribution in [1.29, 1.82) is 0 Å². The predicted octanol–water partition coefficient (Wildman–Crippen LogP) is 6.10. The van der Waals surface area contributed by atoms with Crippen molar-refractivity contribution in [2.75, 3.05) is 0 Å². The number of hydrogen-bond acceptors (Lipinski definition) is 2. The van der Waals surface area contributed by atoms with E-state index in [0.29, 0.717) is 28.8 Å². The van der Waals surface area contributed by atoms with Gasteiger partial charge in [-0.3, -0.25) is 0 Å². The number of hydrogen-bond donors (Lipinski definition) is 1. The standard InChI is InChI=1S/C24H39O3P/c1-15(4-9-22(25)26)19-7-8-20-18-6-5-16-14-17(27-28)10-12-23(16,2)21(18)11-13-24(19,20)3/h4,9,15-21H,5-8,10-14,28H2,1-3H3,(H,25,26)/b9-4+/t15-,16-,17-,18+,19?,20+,21+,23+,24-/m1/s1. The van der Waals surface area contributed by atoms with Gasteiger partial charge in [-0.1, -0.05) is 26.8 Å². The molecule has 0 aromatic rings. The average Bonchev–Trinajstić information content (AvgIpc) is 3.02. The zero-order valence-electron chi connectivity index (χ0n) is 17.9. The molecule has 0 aliphatic heterocycles. The van der Waals surface area contributed by atoms with Crippen molar-refractivity contribution >= 4 is 15.4 Å². The molecule has 4 heteroatoms. The first-order valence-electron chi connectivity index (χ1n) is 11.6. The molecule has 3 nitrogen and oxygen atoms in total. The van der Waals surface area contributed by atoms with Crippen molar-refractivity contribution in [3.8, 4) is 0 Å². The number of carbonyl (C=O) groups is 1. The monoisotopic (exact) mass is 406 g/mol. The lowest BCUT2D eigenvalue weighted by Gasteiger charge is -2.61. The first-order valence-corrected chi connectivity index (χ1v) is 12.0. The third-order valence-corrected chi connectivity index (χ3v) is 10.4. The van der Waals surface area contributed by atoms with Crippen LogP contribution >= 0.6 is 9.47 Å². The maximum atomic E-state index is 11.0. The Bertz CT molecular complexity index is 633. The van der Waals surface area contributed by atoms with Gasteiger partial charge in [-0.2, -0.15) is 0 Å². The van der Waals surface area contributed by atoms with Gasteiger partial charge in [0.25, 0.3) is 0 Å². The predicted molar refractivity (Wildman–Crippen MR) is 116 cm³/mol. The Morgan fingerprint density at radius 1 is 1.07 bits per heavy atom. The number of fused-ring (bicyclic) bond motifs is 5. The number of carboxylic acids is 1.